The first-order valence-electron chi connectivity index (χ1n) is 12.2. The number of amides is 2. The lowest BCUT2D eigenvalue weighted by atomic mass is 9.91. The summed E-state index contributed by atoms with van der Waals surface area (Å²) in [5.74, 6) is -0.132. The van der Waals surface area contributed by atoms with E-state index in [-0.39, 0.29) is 12.3 Å². The molecule has 6 atom stereocenters. The number of aryl methyl sites for hydroxylation is 1. The number of thioether (sulfide) groups is 1. The third-order valence-corrected chi connectivity index (χ3v) is 7.30. The van der Waals surface area contributed by atoms with Gasteiger partial charge in [0.25, 0.3) is 0 Å². The Kier molecular flexibility index (Phi) is 10.4. The zero-order valence-electron chi connectivity index (χ0n) is 21.3. The van der Waals surface area contributed by atoms with Gasteiger partial charge in [0, 0.05) is 6.42 Å². The van der Waals surface area contributed by atoms with E-state index in [2.05, 4.69) is 5.32 Å². The predicted molar refractivity (Wildman–Crippen MR) is 141 cm³/mol. The van der Waals surface area contributed by atoms with E-state index in [1.54, 1.807) is 13.2 Å². The van der Waals surface area contributed by atoms with Gasteiger partial charge in [-0.15, -0.1) is 11.8 Å². The number of hydrogen-bond donors (Lipinski definition) is 5. The van der Waals surface area contributed by atoms with Crippen molar-refractivity contribution in [1.82, 2.24) is 5.32 Å². The molecule has 3 rings (SSSR count). The van der Waals surface area contributed by atoms with Crippen LogP contribution in [0.3, 0.4) is 0 Å². The molecule has 0 bridgehead atoms. The van der Waals surface area contributed by atoms with Crippen LogP contribution in [-0.2, 0) is 20.7 Å². The second-order valence-electron chi connectivity index (χ2n) is 9.28. The molecular formula is C27H36N2O7S. The van der Waals surface area contributed by atoms with Gasteiger partial charge in [0.2, 0.25) is 11.8 Å². The van der Waals surface area contributed by atoms with Crippen molar-refractivity contribution in [3.8, 4) is 5.75 Å². The molecule has 1 aliphatic rings. The second-order valence-corrected chi connectivity index (χ2v) is 10.2. The van der Waals surface area contributed by atoms with Crippen molar-refractivity contribution in [2.24, 2.45) is 5.73 Å². The maximum atomic E-state index is 11.8. The van der Waals surface area contributed by atoms with Crippen molar-refractivity contribution >= 4 is 23.6 Å². The van der Waals surface area contributed by atoms with Crippen molar-refractivity contribution in [3.63, 3.8) is 0 Å². The van der Waals surface area contributed by atoms with Crippen molar-refractivity contribution in [2.75, 3.05) is 12.9 Å². The van der Waals surface area contributed by atoms with Gasteiger partial charge in [-0.05, 0) is 67.3 Å². The number of benzene rings is 2. The maximum absolute atomic E-state index is 11.8. The van der Waals surface area contributed by atoms with Gasteiger partial charge in [-0.25, -0.2) is 0 Å². The summed E-state index contributed by atoms with van der Waals surface area (Å²) in [6.45, 7) is 3.91. The van der Waals surface area contributed by atoms with Crippen LogP contribution < -0.4 is 15.8 Å². The molecule has 0 saturated carbocycles. The summed E-state index contributed by atoms with van der Waals surface area (Å²) >= 11 is 1.29. The molecule has 0 aliphatic carbocycles. The van der Waals surface area contributed by atoms with Gasteiger partial charge in [-0.2, -0.15) is 0 Å². The molecule has 10 heteroatoms. The molecule has 37 heavy (non-hydrogen) atoms. The summed E-state index contributed by atoms with van der Waals surface area (Å²) in [6.07, 6.45) is -1.25. The minimum absolute atomic E-state index is 0.235. The fourth-order valence-electron chi connectivity index (χ4n) is 4.11. The number of primary amides is 1. The molecule has 1 aliphatic heterocycles. The molecule has 202 valence electrons. The number of hydrogen-bond acceptors (Lipinski definition) is 8. The molecule has 0 spiro atoms. The molecule has 6 N–H and O–H groups in total. The van der Waals surface area contributed by atoms with E-state index >= 15 is 0 Å². The lowest BCUT2D eigenvalue weighted by Crippen LogP contribution is -2.52. The maximum Gasteiger partial charge on any atom is 0.239 e. The first kappa shape index (κ1) is 28.9. The fourth-order valence-corrected chi connectivity index (χ4v) is 4.78. The molecule has 0 radical (unpaired) electrons. The van der Waals surface area contributed by atoms with E-state index in [0.29, 0.717) is 25.2 Å². The molecule has 2 amide bonds. The van der Waals surface area contributed by atoms with Crippen LogP contribution in [0, 0.1) is 6.92 Å². The molecular weight excluding hydrogens is 496 g/mol. The molecule has 0 unspecified atom stereocenters. The summed E-state index contributed by atoms with van der Waals surface area (Å²) in [5.41, 5.74) is 8.45. The van der Waals surface area contributed by atoms with Gasteiger partial charge in [0.05, 0.1) is 6.61 Å². The first-order chi connectivity index (χ1) is 17.6. The Labute approximate surface area is 221 Å². The summed E-state index contributed by atoms with van der Waals surface area (Å²) in [7, 11) is 0. The molecule has 1 heterocycles. The van der Waals surface area contributed by atoms with Crippen LogP contribution in [0.2, 0.25) is 0 Å². The Hall–Kier alpha value is -2.63. The highest BCUT2D eigenvalue weighted by atomic mass is 32.2. The number of rotatable bonds is 11. The van der Waals surface area contributed by atoms with Gasteiger partial charge in [-0.3, -0.25) is 9.59 Å². The normalized spacial score (nSPS) is 24.3. The Balaban J connectivity index is 1.56. The summed E-state index contributed by atoms with van der Waals surface area (Å²) in [5, 5.41) is 33.5. The monoisotopic (exact) mass is 532 g/mol. The highest BCUT2D eigenvalue weighted by Crippen LogP contribution is 2.36. The Morgan fingerprint density at radius 1 is 1.11 bits per heavy atom. The first-order valence-corrected chi connectivity index (χ1v) is 13.5. The van der Waals surface area contributed by atoms with Crippen LogP contribution in [0.1, 0.15) is 48.1 Å². The van der Waals surface area contributed by atoms with Crippen LogP contribution in [0.5, 0.6) is 5.75 Å². The average Bonchev–Trinajstić information content (AvgIpc) is 2.87. The largest absolute Gasteiger partial charge is 0.494 e. The van der Waals surface area contributed by atoms with Crippen molar-refractivity contribution in [1.29, 1.82) is 0 Å². The van der Waals surface area contributed by atoms with Crippen molar-refractivity contribution in [2.45, 2.75) is 69.0 Å². The number of nitrogens with one attached hydrogen (secondary N) is 1. The van der Waals surface area contributed by atoms with Crippen LogP contribution >= 0.6 is 11.8 Å². The lowest BCUT2D eigenvalue weighted by molar-refractivity contribution is -0.200. The van der Waals surface area contributed by atoms with Crippen LogP contribution in [0.4, 0.5) is 0 Å². The molecule has 9 nitrogen and oxygen atoms in total. The SMILES string of the molecule is CS[C@H]1O[C@@H](c2ccc(C)c(Cc3ccc(OCCCC(=O)N[C@H](C)C(N)=O)cc3)c2)[C@H](O)[C@@H](O)[C@@H]1O. The average molecular weight is 533 g/mol. The van der Waals surface area contributed by atoms with Gasteiger partial charge in [0.1, 0.15) is 41.6 Å². The van der Waals surface area contributed by atoms with Crippen LogP contribution in [0.25, 0.3) is 0 Å². The number of aliphatic hydroxyl groups excluding tert-OH is 3. The van der Waals surface area contributed by atoms with E-state index in [1.807, 2.05) is 49.4 Å². The summed E-state index contributed by atoms with van der Waals surface area (Å²) in [6, 6.07) is 12.8. The van der Waals surface area contributed by atoms with E-state index < -0.39 is 41.8 Å². The lowest BCUT2D eigenvalue weighted by Gasteiger charge is -2.40. The summed E-state index contributed by atoms with van der Waals surface area (Å²) in [4.78, 5) is 22.8. The fraction of sp³-hybridized carbons (Fsp3) is 0.481. The van der Waals surface area contributed by atoms with Crippen molar-refractivity contribution < 1.29 is 34.4 Å². The van der Waals surface area contributed by atoms with E-state index in [4.69, 9.17) is 15.2 Å². The van der Waals surface area contributed by atoms with E-state index in [0.717, 1.165) is 22.3 Å². The van der Waals surface area contributed by atoms with Crippen LogP contribution in [-0.4, -0.2) is 69.8 Å². The quantitative estimate of drug-likeness (QED) is 0.274. The van der Waals surface area contributed by atoms with Gasteiger partial charge < -0.3 is 35.8 Å². The Bertz CT molecular complexity index is 1060. The second kappa shape index (κ2) is 13.3. The zero-order valence-corrected chi connectivity index (χ0v) is 22.1. The molecule has 1 saturated heterocycles. The van der Waals surface area contributed by atoms with Gasteiger partial charge in [-0.1, -0.05) is 30.3 Å². The van der Waals surface area contributed by atoms with Gasteiger partial charge in [0.15, 0.2) is 0 Å². The number of aliphatic hydroxyl groups is 3. The summed E-state index contributed by atoms with van der Waals surface area (Å²) < 4.78 is 11.6. The topological polar surface area (TPSA) is 151 Å². The smallest absolute Gasteiger partial charge is 0.239 e. The Morgan fingerprint density at radius 2 is 1.81 bits per heavy atom. The standard InChI is InChI=1S/C27H36N2O7S/c1-15-6-9-18(25-23(32)22(31)24(33)27(36-25)37-3)14-19(15)13-17-7-10-20(11-8-17)35-12-4-5-21(30)29-16(2)26(28)34/h6-11,14,16,22-25,27,31-33H,4-5,12-13H2,1-3H3,(H2,28,34)(H,29,30)/t16-,22-,23-,24+,25+,27-/m1/s1. The minimum Gasteiger partial charge on any atom is -0.494 e. The number of ether oxygens (including phenoxy) is 2. The number of carbonyl (C=O) groups is 2. The third-order valence-electron chi connectivity index (χ3n) is 6.44. The third kappa shape index (κ3) is 7.68. The molecule has 0 aromatic heterocycles. The predicted octanol–water partition coefficient (Wildman–Crippen LogP) is 1.58. The van der Waals surface area contributed by atoms with Crippen molar-refractivity contribution in [3.05, 3.63) is 64.7 Å². The highest BCUT2D eigenvalue weighted by molar-refractivity contribution is 7.99. The minimum atomic E-state index is -1.29. The molecule has 2 aromatic rings. The number of carbonyl (C=O) groups excluding carboxylic acids is 2. The number of nitrogens with two attached hydrogens (primary N) is 1. The zero-order chi connectivity index (χ0) is 27.1. The Morgan fingerprint density at radius 3 is 2.46 bits per heavy atom. The molecule has 1 fully saturated rings. The van der Waals surface area contributed by atoms with Gasteiger partial charge >= 0.3 is 0 Å². The molecule has 2 aromatic carbocycles. The van der Waals surface area contributed by atoms with Crippen LogP contribution in [0.15, 0.2) is 42.5 Å². The highest BCUT2D eigenvalue weighted by Gasteiger charge is 2.44. The van der Waals surface area contributed by atoms with E-state index in [9.17, 15) is 24.9 Å². The van der Waals surface area contributed by atoms with E-state index in [1.165, 1.54) is 11.8 Å².